The molecule has 0 unspecified atom stereocenters. The first-order chi connectivity index (χ1) is 16.2. The van der Waals surface area contributed by atoms with Crippen molar-refractivity contribution in [1.29, 1.82) is 0 Å². The van der Waals surface area contributed by atoms with Gasteiger partial charge >= 0.3 is 5.97 Å². The Bertz CT molecular complexity index is 1420. The molecule has 0 atom stereocenters. The summed E-state index contributed by atoms with van der Waals surface area (Å²) in [5.74, 6) is -0.983. The molecule has 0 saturated carbocycles. The number of hydrogen-bond acceptors (Lipinski definition) is 6. The van der Waals surface area contributed by atoms with Crippen LogP contribution in [0, 0.1) is 6.92 Å². The number of hydrogen-bond donors (Lipinski definition) is 0. The highest BCUT2D eigenvalue weighted by atomic mass is 32.2. The van der Waals surface area contributed by atoms with Gasteiger partial charge in [0.15, 0.2) is 4.80 Å². The van der Waals surface area contributed by atoms with Crippen LogP contribution in [0.2, 0.25) is 0 Å². The number of aryl methyl sites for hydroxylation is 1. The van der Waals surface area contributed by atoms with E-state index in [1.165, 1.54) is 28.6 Å². The first kappa shape index (κ1) is 23.9. The fourth-order valence-electron chi connectivity index (χ4n) is 3.81. The molecular weight excluding hydrogens is 474 g/mol. The zero-order chi connectivity index (χ0) is 24.5. The van der Waals surface area contributed by atoms with Crippen molar-refractivity contribution in [2.75, 3.05) is 17.5 Å². The van der Waals surface area contributed by atoms with Gasteiger partial charge in [-0.25, -0.2) is 13.2 Å². The minimum atomic E-state index is -3.76. The van der Waals surface area contributed by atoms with Gasteiger partial charge in [0.2, 0.25) is 0 Å². The van der Waals surface area contributed by atoms with Crippen LogP contribution in [-0.2, 0) is 28.2 Å². The SMILES string of the molecule is CCOC(=O)c1sc(=NC(=O)c2ccc(S(=O)(=O)N3CCCc4ccccc43)cc2)n(C)c1C. The molecule has 3 aromatic rings. The van der Waals surface area contributed by atoms with Crippen molar-refractivity contribution in [2.24, 2.45) is 12.0 Å². The number of benzene rings is 2. The van der Waals surface area contributed by atoms with Gasteiger partial charge in [0, 0.05) is 24.8 Å². The molecular formula is C24H25N3O5S2. The zero-order valence-electron chi connectivity index (χ0n) is 19.1. The minimum Gasteiger partial charge on any atom is -0.462 e. The summed E-state index contributed by atoms with van der Waals surface area (Å²) in [5.41, 5.74) is 2.60. The second-order valence-electron chi connectivity index (χ2n) is 7.83. The Kier molecular flexibility index (Phi) is 6.72. The highest BCUT2D eigenvalue weighted by Crippen LogP contribution is 2.31. The molecule has 0 radical (unpaired) electrons. The van der Waals surface area contributed by atoms with E-state index in [-0.39, 0.29) is 17.1 Å². The monoisotopic (exact) mass is 499 g/mol. The molecule has 0 bridgehead atoms. The molecule has 0 N–H and O–H groups in total. The normalized spacial score (nSPS) is 14.1. The maximum absolute atomic E-state index is 13.3. The number of carbonyl (C=O) groups is 2. The van der Waals surface area contributed by atoms with Crippen LogP contribution in [0.4, 0.5) is 5.69 Å². The van der Waals surface area contributed by atoms with E-state index in [1.807, 2.05) is 24.3 Å². The third kappa shape index (κ3) is 4.43. The molecule has 4 rings (SSSR count). The Balaban J connectivity index is 1.61. The number of amides is 1. The Labute approximate surface area is 202 Å². The predicted molar refractivity (Wildman–Crippen MR) is 130 cm³/mol. The number of anilines is 1. The van der Waals surface area contributed by atoms with Crippen LogP contribution in [0.3, 0.4) is 0 Å². The minimum absolute atomic E-state index is 0.114. The number of para-hydroxylation sites is 1. The first-order valence-corrected chi connectivity index (χ1v) is 13.1. The van der Waals surface area contributed by atoms with Crippen LogP contribution in [0.25, 0.3) is 0 Å². The standard InChI is InChI=1S/C24H25N3O5S2/c1-4-32-23(29)21-16(2)26(3)24(33-21)25-22(28)18-11-13-19(14-12-18)34(30,31)27-15-7-9-17-8-5-6-10-20(17)27/h5-6,8,10-14H,4,7,9,15H2,1-3H3. The van der Waals surface area contributed by atoms with Gasteiger partial charge < -0.3 is 9.30 Å². The van der Waals surface area contributed by atoms with Crippen molar-refractivity contribution >= 4 is 38.9 Å². The van der Waals surface area contributed by atoms with Crippen LogP contribution >= 0.6 is 11.3 Å². The summed E-state index contributed by atoms with van der Waals surface area (Å²) in [4.78, 5) is 29.9. The molecule has 178 valence electrons. The Hall–Kier alpha value is -3.24. The average Bonchev–Trinajstić information content (AvgIpc) is 3.12. The van der Waals surface area contributed by atoms with E-state index in [0.717, 1.165) is 29.7 Å². The fourth-order valence-corrected chi connectivity index (χ4v) is 6.36. The van der Waals surface area contributed by atoms with Crippen LogP contribution in [0.15, 0.2) is 58.4 Å². The zero-order valence-corrected chi connectivity index (χ0v) is 20.8. The van der Waals surface area contributed by atoms with Gasteiger partial charge in [-0.05, 0) is 62.6 Å². The van der Waals surface area contributed by atoms with Crippen LogP contribution in [-0.4, -0.2) is 38.0 Å². The Morgan fingerprint density at radius 1 is 1.12 bits per heavy atom. The van der Waals surface area contributed by atoms with Gasteiger partial charge in [0.1, 0.15) is 4.88 Å². The lowest BCUT2D eigenvalue weighted by atomic mass is 10.0. The van der Waals surface area contributed by atoms with E-state index < -0.39 is 21.9 Å². The van der Waals surface area contributed by atoms with E-state index in [9.17, 15) is 18.0 Å². The highest BCUT2D eigenvalue weighted by Gasteiger charge is 2.29. The van der Waals surface area contributed by atoms with E-state index in [2.05, 4.69) is 4.99 Å². The Morgan fingerprint density at radius 2 is 1.82 bits per heavy atom. The van der Waals surface area contributed by atoms with Crippen molar-refractivity contribution in [1.82, 2.24) is 4.57 Å². The van der Waals surface area contributed by atoms with Gasteiger partial charge in [-0.15, -0.1) is 0 Å². The Morgan fingerprint density at radius 3 is 2.53 bits per heavy atom. The summed E-state index contributed by atoms with van der Waals surface area (Å²) < 4.78 is 34.7. The maximum atomic E-state index is 13.3. The third-order valence-corrected chi connectivity index (χ3v) is 8.77. The number of rotatable bonds is 5. The van der Waals surface area contributed by atoms with Gasteiger partial charge in [0.05, 0.1) is 17.2 Å². The van der Waals surface area contributed by atoms with Crippen molar-refractivity contribution in [3.8, 4) is 0 Å². The molecule has 10 heteroatoms. The van der Waals surface area contributed by atoms with Crippen molar-refractivity contribution in [3.63, 3.8) is 0 Å². The van der Waals surface area contributed by atoms with Gasteiger partial charge in [-0.1, -0.05) is 29.5 Å². The first-order valence-electron chi connectivity index (χ1n) is 10.9. The summed E-state index contributed by atoms with van der Waals surface area (Å²) in [6, 6.07) is 13.3. The van der Waals surface area contributed by atoms with Gasteiger partial charge in [-0.2, -0.15) is 4.99 Å². The molecule has 1 aromatic heterocycles. The van der Waals surface area contributed by atoms with E-state index in [0.29, 0.717) is 27.6 Å². The topological polar surface area (TPSA) is 98.0 Å². The molecule has 0 aliphatic carbocycles. The quantitative estimate of drug-likeness (QED) is 0.501. The molecule has 1 aliphatic rings. The average molecular weight is 500 g/mol. The van der Waals surface area contributed by atoms with Crippen LogP contribution in [0.5, 0.6) is 0 Å². The molecule has 2 aromatic carbocycles. The van der Waals surface area contributed by atoms with Gasteiger partial charge in [-0.3, -0.25) is 9.10 Å². The molecule has 0 fully saturated rings. The summed E-state index contributed by atoms with van der Waals surface area (Å²) in [6.07, 6.45) is 1.59. The fraction of sp³-hybridized carbons (Fsp3) is 0.292. The number of fused-ring (bicyclic) bond motifs is 1. The van der Waals surface area contributed by atoms with E-state index in [4.69, 9.17) is 4.74 Å². The summed E-state index contributed by atoms with van der Waals surface area (Å²) in [6.45, 7) is 4.14. The summed E-state index contributed by atoms with van der Waals surface area (Å²) in [7, 11) is -2.05. The highest BCUT2D eigenvalue weighted by molar-refractivity contribution is 7.92. The number of aromatic nitrogens is 1. The molecule has 2 heterocycles. The van der Waals surface area contributed by atoms with E-state index in [1.54, 1.807) is 25.5 Å². The lowest BCUT2D eigenvalue weighted by molar-refractivity contribution is 0.0530. The van der Waals surface area contributed by atoms with Crippen LogP contribution < -0.4 is 9.11 Å². The van der Waals surface area contributed by atoms with E-state index >= 15 is 0 Å². The molecule has 8 nitrogen and oxygen atoms in total. The number of carbonyl (C=O) groups excluding carboxylic acids is 2. The largest absolute Gasteiger partial charge is 0.462 e. The number of esters is 1. The third-order valence-electron chi connectivity index (χ3n) is 5.73. The molecule has 0 saturated heterocycles. The smallest absolute Gasteiger partial charge is 0.350 e. The second-order valence-corrected chi connectivity index (χ2v) is 10.7. The number of thiazole rings is 1. The molecule has 34 heavy (non-hydrogen) atoms. The van der Waals surface area contributed by atoms with Gasteiger partial charge in [0.25, 0.3) is 15.9 Å². The van der Waals surface area contributed by atoms with Crippen molar-refractivity contribution in [2.45, 2.75) is 31.6 Å². The van der Waals surface area contributed by atoms with Crippen molar-refractivity contribution in [3.05, 3.63) is 75.0 Å². The predicted octanol–water partition coefficient (Wildman–Crippen LogP) is 3.45. The molecule has 1 amide bonds. The number of ether oxygens (including phenoxy) is 1. The number of nitrogens with zero attached hydrogens (tertiary/aromatic N) is 3. The lowest BCUT2D eigenvalue weighted by Gasteiger charge is -2.30. The number of sulfonamides is 1. The molecule has 0 spiro atoms. The lowest BCUT2D eigenvalue weighted by Crippen LogP contribution is -2.35. The summed E-state index contributed by atoms with van der Waals surface area (Å²) >= 11 is 1.08. The second kappa shape index (κ2) is 9.55. The molecule has 1 aliphatic heterocycles. The van der Waals surface area contributed by atoms with Crippen molar-refractivity contribution < 1.29 is 22.7 Å². The maximum Gasteiger partial charge on any atom is 0.350 e. The van der Waals surface area contributed by atoms with Crippen LogP contribution in [0.1, 0.15) is 44.6 Å². The summed E-state index contributed by atoms with van der Waals surface area (Å²) in [5, 5.41) is 0.